The van der Waals surface area contributed by atoms with Crippen LogP contribution in [0.4, 0.5) is 0 Å². The number of nitrogens with two attached hydrogens (primary N) is 1. The first-order valence-electron chi connectivity index (χ1n) is 4.09. The van der Waals surface area contributed by atoms with Gasteiger partial charge in [0.1, 0.15) is 5.01 Å². The van der Waals surface area contributed by atoms with Crippen molar-refractivity contribution in [3.8, 4) is 0 Å². The molecule has 0 amide bonds. The molecule has 0 bridgehead atoms. The zero-order chi connectivity index (χ0) is 9.97. The molecule has 2 aromatic rings. The quantitative estimate of drug-likeness (QED) is 0.924. The number of rotatable bonds is 3. The van der Waals surface area contributed by atoms with E-state index in [2.05, 4.69) is 26.0 Å². The highest BCUT2D eigenvalue weighted by molar-refractivity contribution is 9.10. The largest absolute Gasteiger partial charge is 0.325 e. The maximum Gasteiger partial charge on any atom is 0.107 e. The zero-order valence-electron chi connectivity index (χ0n) is 7.35. The number of hydrogen-bond donors (Lipinski definition) is 1. The van der Waals surface area contributed by atoms with Crippen molar-refractivity contribution in [3.63, 3.8) is 0 Å². The summed E-state index contributed by atoms with van der Waals surface area (Å²) in [6, 6.07) is 0. The third kappa shape index (κ3) is 2.20. The average molecular weight is 273 g/mol. The third-order valence-electron chi connectivity index (χ3n) is 1.70. The lowest BCUT2D eigenvalue weighted by Gasteiger charge is -1.95. The minimum atomic E-state index is 0.507. The van der Waals surface area contributed by atoms with E-state index in [9.17, 15) is 0 Å². The summed E-state index contributed by atoms with van der Waals surface area (Å²) >= 11 is 4.93. The summed E-state index contributed by atoms with van der Waals surface area (Å²) in [4.78, 5) is 4.35. The number of nitrogens with zero attached hydrogens (tertiary/aromatic N) is 3. The molecule has 0 unspecified atom stereocenters. The van der Waals surface area contributed by atoms with E-state index in [0.717, 1.165) is 15.2 Å². The van der Waals surface area contributed by atoms with Gasteiger partial charge in [-0.3, -0.25) is 4.68 Å². The molecule has 4 nitrogen and oxygen atoms in total. The zero-order valence-corrected chi connectivity index (χ0v) is 9.75. The Labute approximate surface area is 93.9 Å². The van der Waals surface area contributed by atoms with Crippen molar-refractivity contribution in [2.75, 3.05) is 0 Å². The van der Waals surface area contributed by atoms with E-state index in [-0.39, 0.29) is 0 Å². The Morgan fingerprint density at radius 1 is 1.57 bits per heavy atom. The van der Waals surface area contributed by atoms with Crippen LogP contribution in [0.1, 0.15) is 10.7 Å². The second-order valence-corrected chi connectivity index (χ2v) is 4.65. The summed E-state index contributed by atoms with van der Waals surface area (Å²) in [6.07, 6.45) is 3.68. The Bertz CT molecular complexity index is 422. The Balaban J connectivity index is 2.10. The van der Waals surface area contributed by atoms with Crippen LogP contribution in [0.15, 0.2) is 22.2 Å². The summed E-state index contributed by atoms with van der Waals surface area (Å²) in [6.45, 7) is 1.20. The first kappa shape index (κ1) is 9.82. The van der Waals surface area contributed by atoms with Gasteiger partial charge in [0.25, 0.3) is 0 Å². The van der Waals surface area contributed by atoms with Crippen molar-refractivity contribution in [2.24, 2.45) is 5.73 Å². The number of thiazole rings is 1. The molecule has 0 saturated heterocycles. The molecule has 0 aliphatic carbocycles. The summed E-state index contributed by atoms with van der Waals surface area (Å²) in [5.41, 5.74) is 6.48. The lowest BCUT2D eigenvalue weighted by molar-refractivity contribution is 0.673. The molecule has 2 heterocycles. The van der Waals surface area contributed by atoms with Crippen LogP contribution in [-0.4, -0.2) is 14.8 Å². The van der Waals surface area contributed by atoms with Gasteiger partial charge in [0.05, 0.1) is 22.9 Å². The molecule has 2 rings (SSSR count). The summed E-state index contributed by atoms with van der Waals surface area (Å²) in [5, 5.41) is 7.13. The van der Waals surface area contributed by atoms with Crippen molar-refractivity contribution in [1.82, 2.24) is 14.8 Å². The molecule has 0 aliphatic heterocycles. The molecule has 0 aromatic carbocycles. The molecule has 74 valence electrons. The Morgan fingerprint density at radius 3 is 3.00 bits per heavy atom. The minimum absolute atomic E-state index is 0.507. The first-order chi connectivity index (χ1) is 6.78. The summed E-state index contributed by atoms with van der Waals surface area (Å²) in [7, 11) is 0. The van der Waals surface area contributed by atoms with Crippen molar-refractivity contribution in [2.45, 2.75) is 13.1 Å². The van der Waals surface area contributed by atoms with Crippen LogP contribution in [-0.2, 0) is 13.1 Å². The van der Waals surface area contributed by atoms with Gasteiger partial charge < -0.3 is 5.73 Å². The van der Waals surface area contributed by atoms with Gasteiger partial charge in [-0.25, -0.2) is 4.98 Å². The number of hydrogen-bond acceptors (Lipinski definition) is 4. The maximum atomic E-state index is 5.48. The highest BCUT2D eigenvalue weighted by Crippen LogP contribution is 2.11. The van der Waals surface area contributed by atoms with E-state index in [1.54, 1.807) is 17.5 Å². The molecule has 0 aliphatic rings. The Kier molecular flexibility index (Phi) is 2.95. The van der Waals surface area contributed by atoms with Gasteiger partial charge in [0.2, 0.25) is 0 Å². The van der Waals surface area contributed by atoms with Crippen LogP contribution in [0.2, 0.25) is 0 Å². The molecule has 0 saturated carbocycles. The molecule has 0 atom stereocenters. The molecular formula is C8H9BrN4S. The van der Waals surface area contributed by atoms with E-state index in [4.69, 9.17) is 5.73 Å². The van der Waals surface area contributed by atoms with Crippen LogP contribution >= 0.6 is 27.3 Å². The van der Waals surface area contributed by atoms with Crippen LogP contribution in [0.5, 0.6) is 0 Å². The van der Waals surface area contributed by atoms with Gasteiger partial charge >= 0.3 is 0 Å². The molecular weight excluding hydrogens is 264 g/mol. The Morgan fingerprint density at radius 2 is 2.43 bits per heavy atom. The molecule has 6 heteroatoms. The highest BCUT2D eigenvalue weighted by Gasteiger charge is 2.02. The molecule has 2 N–H and O–H groups in total. The standard InChI is InChI=1S/C8H9BrN4S/c9-6-2-11-13(3-6)4-7-5-14-8(1-10)12-7/h2-3,5H,1,4,10H2. The molecule has 0 spiro atoms. The predicted octanol–water partition coefficient (Wildman–Crippen LogP) is 1.61. The fourth-order valence-corrected chi connectivity index (χ4v) is 2.10. The van der Waals surface area contributed by atoms with Crippen LogP contribution in [0, 0.1) is 0 Å². The van der Waals surface area contributed by atoms with Gasteiger partial charge in [-0.2, -0.15) is 5.10 Å². The molecule has 2 aromatic heterocycles. The molecule has 0 radical (unpaired) electrons. The normalized spacial score (nSPS) is 10.7. The molecule has 0 fully saturated rings. The second kappa shape index (κ2) is 4.20. The van der Waals surface area contributed by atoms with Crippen molar-refractivity contribution < 1.29 is 0 Å². The van der Waals surface area contributed by atoms with E-state index in [1.807, 2.05) is 16.3 Å². The second-order valence-electron chi connectivity index (χ2n) is 2.79. The van der Waals surface area contributed by atoms with Gasteiger partial charge in [-0.15, -0.1) is 11.3 Å². The van der Waals surface area contributed by atoms with Crippen molar-refractivity contribution >= 4 is 27.3 Å². The lowest BCUT2D eigenvalue weighted by atomic mass is 10.5. The summed E-state index contributed by atoms with van der Waals surface area (Å²) in [5.74, 6) is 0. The van der Waals surface area contributed by atoms with E-state index >= 15 is 0 Å². The number of halogens is 1. The van der Waals surface area contributed by atoms with Crippen LogP contribution in [0.3, 0.4) is 0 Å². The van der Waals surface area contributed by atoms with Gasteiger partial charge in [0.15, 0.2) is 0 Å². The molecule has 14 heavy (non-hydrogen) atoms. The average Bonchev–Trinajstić information content (AvgIpc) is 2.76. The van der Waals surface area contributed by atoms with Crippen molar-refractivity contribution in [3.05, 3.63) is 32.9 Å². The van der Waals surface area contributed by atoms with E-state index in [0.29, 0.717) is 13.1 Å². The SMILES string of the molecule is NCc1nc(Cn2cc(Br)cn2)cs1. The number of aromatic nitrogens is 3. The lowest BCUT2D eigenvalue weighted by Crippen LogP contribution is -2.01. The maximum absolute atomic E-state index is 5.48. The fourth-order valence-electron chi connectivity index (χ4n) is 1.11. The minimum Gasteiger partial charge on any atom is -0.325 e. The predicted molar refractivity (Wildman–Crippen MR) is 59.0 cm³/mol. The highest BCUT2D eigenvalue weighted by atomic mass is 79.9. The van der Waals surface area contributed by atoms with Gasteiger partial charge in [-0.05, 0) is 15.9 Å². The topological polar surface area (TPSA) is 56.7 Å². The van der Waals surface area contributed by atoms with E-state index < -0.39 is 0 Å². The third-order valence-corrected chi connectivity index (χ3v) is 3.03. The van der Waals surface area contributed by atoms with E-state index in [1.165, 1.54) is 0 Å². The first-order valence-corrected chi connectivity index (χ1v) is 5.76. The Hall–Kier alpha value is -0.720. The van der Waals surface area contributed by atoms with Crippen LogP contribution < -0.4 is 5.73 Å². The van der Waals surface area contributed by atoms with Crippen molar-refractivity contribution in [1.29, 1.82) is 0 Å². The smallest absolute Gasteiger partial charge is 0.107 e. The fraction of sp³-hybridized carbons (Fsp3) is 0.250. The monoisotopic (exact) mass is 272 g/mol. The van der Waals surface area contributed by atoms with Crippen LogP contribution in [0.25, 0.3) is 0 Å². The van der Waals surface area contributed by atoms with Gasteiger partial charge in [-0.1, -0.05) is 0 Å². The van der Waals surface area contributed by atoms with Gasteiger partial charge in [0, 0.05) is 18.1 Å². The summed E-state index contributed by atoms with van der Waals surface area (Å²) < 4.78 is 2.81.